The standard InChI is InChI=1S/C31H31F2N5O3S/c1-36-8-10-38(11-9-36)31(39)22-5-2-4-21(16-22)29-19-34-28-7-3-6-24(30(28)35-29)23-17-26(32)25(27(33)18-23)20-37-12-14-42(40,41)15-13-37/h2-7,16-19H,8-15,20H2,1H3. The Balaban J connectivity index is 1.30. The van der Waals surface area contributed by atoms with Crippen LogP contribution in [-0.2, 0) is 16.4 Å². The highest BCUT2D eigenvalue weighted by Gasteiger charge is 2.24. The highest BCUT2D eigenvalue weighted by Crippen LogP contribution is 2.31. The van der Waals surface area contributed by atoms with Gasteiger partial charge < -0.3 is 9.80 Å². The SMILES string of the molecule is CN1CCN(C(=O)c2cccc(-c3cnc4cccc(-c5cc(F)c(CN6CCS(=O)(=O)CC6)c(F)c5)c4n3)c2)CC1. The number of piperazine rings is 1. The van der Waals surface area contributed by atoms with E-state index in [4.69, 9.17) is 4.98 Å². The van der Waals surface area contributed by atoms with Gasteiger partial charge in [-0.3, -0.25) is 14.7 Å². The molecule has 2 aliphatic rings. The number of nitrogens with zero attached hydrogens (tertiary/aromatic N) is 5. The molecule has 0 aliphatic carbocycles. The van der Waals surface area contributed by atoms with Crippen LogP contribution >= 0.6 is 0 Å². The molecule has 1 aromatic heterocycles. The second-order valence-corrected chi connectivity index (χ2v) is 13.3. The number of fused-ring (bicyclic) bond motifs is 1. The molecule has 2 aliphatic heterocycles. The summed E-state index contributed by atoms with van der Waals surface area (Å²) in [5, 5.41) is 0. The molecule has 0 bridgehead atoms. The Bertz CT molecular complexity index is 1740. The van der Waals surface area contributed by atoms with Gasteiger partial charge in [0.25, 0.3) is 5.91 Å². The molecule has 2 fully saturated rings. The predicted octanol–water partition coefficient (Wildman–Crippen LogP) is 3.86. The first-order valence-electron chi connectivity index (χ1n) is 13.9. The molecule has 2 saturated heterocycles. The van der Waals surface area contributed by atoms with Crippen LogP contribution in [0.5, 0.6) is 0 Å². The number of halogens is 2. The van der Waals surface area contributed by atoms with E-state index in [0.29, 0.717) is 46.5 Å². The van der Waals surface area contributed by atoms with Crippen molar-refractivity contribution in [2.45, 2.75) is 6.54 Å². The van der Waals surface area contributed by atoms with Gasteiger partial charge in [0.2, 0.25) is 0 Å². The number of para-hydroxylation sites is 1. The zero-order valence-electron chi connectivity index (χ0n) is 23.3. The zero-order chi connectivity index (χ0) is 29.4. The second kappa shape index (κ2) is 11.5. The number of carbonyl (C=O) groups is 1. The number of carbonyl (C=O) groups excluding carboxylic acids is 1. The number of hydrogen-bond donors (Lipinski definition) is 0. The highest BCUT2D eigenvalue weighted by atomic mass is 32.2. The Morgan fingerprint density at radius 3 is 2.29 bits per heavy atom. The van der Waals surface area contributed by atoms with E-state index in [1.807, 2.05) is 24.1 Å². The van der Waals surface area contributed by atoms with Crippen molar-refractivity contribution < 1.29 is 22.0 Å². The van der Waals surface area contributed by atoms with Gasteiger partial charge in [0.15, 0.2) is 9.84 Å². The summed E-state index contributed by atoms with van der Waals surface area (Å²) in [7, 11) is -1.05. The smallest absolute Gasteiger partial charge is 0.253 e. The largest absolute Gasteiger partial charge is 0.336 e. The molecule has 3 heterocycles. The van der Waals surface area contributed by atoms with Crippen LogP contribution in [-0.4, -0.2) is 96.8 Å². The van der Waals surface area contributed by atoms with Crippen LogP contribution in [0.2, 0.25) is 0 Å². The Hall–Kier alpha value is -3.80. The minimum atomic E-state index is -3.09. The molecule has 6 rings (SSSR count). The number of rotatable bonds is 5. The highest BCUT2D eigenvalue weighted by molar-refractivity contribution is 7.91. The number of aromatic nitrogens is 2. The lowest BCUT2D eigenvalue weighted by Gasteiger charge is -2.32. The topological polar surface area (TPSA) is 86.7 Å². The molecular weight excluding hydrogens is 560 g/mol. The predicted molar refractivity (Wildman–Crippen MR) is 158 cm³/mol. The van der Waals surface area contributed by atoms with Crippen LogP contribution in [0.1, 0.15) is 15.9 Å². The molecule has 0 atom stereocenters. The molecule has 1 amide bonds. The minimum absolute atomic E-state index is 0.00382. The average molecular weight is 592 g/mol. The third-order valence-corrected chi connectivity index (χ3v) is 9.65. The minimum Gasteiger partial charge on any atom is -0.336 e. The fourth-order valence-corrected chi connectivity index (χ4v) is 6.73. The van der Waals surface area contributed by atoms with Crippen molar-refractivity contribution in [3.8, 4) is 22.4 Å². The summed E-state index contributed by atoms with van der Waals surface area (Å²) in [6.45, 7) is 3.48. The van der Waals surface area contributed by atoms with Crippen molar-refractivity contribution in [3.63, 3.8) is 0 Å². The number of sulfone groups is 1. The van der Waals surface area contributed by atoms with Crippen LogP contribution in [0.15, 0.2) is 60.8 Å². The van der Waals surface area contributed by atoms with Crippen molar-refractivity contribution in [2.75, 3.05) is 57.8 Å². The molecule has 3 aromatic carbocycles. The van der Waals surface area contributed by atoms with Gasteiger partial charge in [0, 0.05) is 68.1 Å². The van der Waals surface area contributed by atoms with Crippen LogP contribution < -0.4 is 0 Å². The Labute approximate surface area is 243 Å². The molecule has 0 unspecified atom stereocenters. The summed E-state index contributed by atoms with van der Waals surface area (Å²) in [5.41, 5.74) is 3.64. The summed E-state index contributed by atoms with van der Waals surface area (Å²) in [6, 6.07) is 15.1. The van der Waals surface area contributed by atoms with Crippen molar-refractivity contribution in [1.82, 2.24) is 24.7 Å². The maximum atomic E-state index is 15.3. The molecule has 4 aromatic rings. The summed E-state index contributed by atoms with van der Waals surface area (Å²) in [5.74, 6) is -1.46. The molecular formula is C31H31F2N5O3S. The van der Waals surface area contributed by atoms with Gasteiger partial charge in [-0.25, -0.2) is 22.2 Å². The fourth-order valence-electron chi connectivity index (χ4n) is 5.45. The van der Waals surface area contributed by atoms with Crippen LogP contribution in [0.25, 0.3) is 33.4 Å². The summed E-state index contributed by atoms with van der Waals surface area (Å²) in [4.78, 5) is 28.3. The normalized spacial score (nSPS) is 17.9. The van der Waals surface area contributed by atoms with Crippen LogP contribution in [0.3, 0.4) is 0 Å². The van der Waals surface area contributed by atoms with Gasteiger partial charge in [-0.15, -0.1) is 0 Å². The quantitative estimate of drug-likeness (QED) is 0.349. The van der Waals surface area contributed by atoms with Crippen molar-refractivity contribution in [3.05, 3.63) is 83.6 Å². The number of hydrogen-bond acceptors (Lipinski definition) is 7. The zero-order valence-corrected chi connectivity index (χ0v) is 24.1. The summed E-state index contributed by atoms with van der Waals surface area (Å²) < 4.78 is 54.0. The number of likely N-dealkylation sites (N-methyl/N-ethyl adjacent to an activating group) is 1. The average Bonchev–Trinajstić information content (AvgIpc) is 2.99. The molecule has 11 heteroatoms. The third-order valence-electron chi connectivity index (χ3n) is 8.04. The molecule has 0 spiro atoms. The van der Waals surface area contributed by atoms with Crippen molar-refractivity contribution in [1.29, 1.82) is 0 Å². The van der Waals surface area contributed by atoms with E-state index in [2.05, 4.69) is 9.88 Å². The molecule has 0 radical (unpaired) electrons. The van der Waals surface area contributed by atoms with Gasteiger partial charge in [0.05, 0.1) is 34.4 Å². The maximum Gasteiger partial charge on any atom is 0.253 e. The van der Waals surface area contributed by atoms with E-state index in [1.165, 1.54) is 12.1 Å². The Morgan fingerprint density at radius 2 is 1.57 bits per heavy atom. The molecule has 0 N–H and O–H groups in total. The van der Waals surface area contributed by atoms with E-state index in [9.17, 15) is 13.2 Å². The summed E-state index contributed by atoms with van der Waals surface area (Å²) in [6.07, 6.45) is 1.63. The molecule has 8 nitrogen and oxygen atoms in total. The Kier molecular flexibility index (Phi) is 7.73. The Morgan fingerprint density at radius 1 is 0.881 bits per heavy atom. The van der Waals surface area contributed by atoms with Crippen molar-refractivity contribution in [2.24, 2.45) is 0 Å². The second-order valence-electron chi connectivity index (χ2n) is 11.0. The first kappa shape index (κ1) is 28.3. The van der Waals surface area contributed by atoms with Gasteiger partial charge in [-0.1, -0.05) is 24.3 Å². The van der Waals surface area contributed by atoms with E-state index in [0.717, 1.165) is 18.7 Å². The van der Waals surface area contributed by atoms with Crippen molar-refractivity contribution >= 4 is 26.8 Å². The first-order valence-corrected chi connectivity index (χ1v) is 15.7. The maximum absolute atomic E-state index is 15.3. The summed E-state index contributed by atoms with van der Waals surface area (Å²) >= 11 is 0. The first-order chi connectivity index (χ1) is 20.2. The lowest BCUT2D eigenvalue weighted by molar-refractivity contribution is 0.0664. The van der Waals surface area contributed by atoms with E-state index in [1.54, 1.807) is 41.4 Å². The molecule has 0 saturated carbocycles. The number of benzene rings is 3. The third kappa shape index (κ3) is 5.90. The van der Waals surface area contributed by atoms with Gasteiger partial charge >= 0.3 is 0 Å². The lowest BCUT2D eigenvalue weighted by atomic mass is 10.0. The number of amides is 1. The van der Waals surface area contributed by atoms with Gasteiger partial charge in [-0.05, 0) is 42.9 Å². The van der Waals surface area contributed by atoms with E-state index >= 15 is 8.78 Å². The molecule has 42 heavy (non-hydrogen) atoms. The molecule has 218 valence electrons. The fraction of sp³-hybridized carbons (Fsp3) is 0.323. The van der Waals surface area contributed by atoms with Crippen LogP contribution in [0, 0.1) is 11.6 Å². The van der Waals surface area contributed by atoms with Gasteiger partial charge in [0.1, 0.15) is 11.6 Å². The van der Waals surface area contributed by atoms with E-state index in [-0.39, 0.29) is 42.6 Å². The monoisotopic (exact) mass is 591 g/mol. The van der Waals surface area contributed by atoms with Gasteiger partial charge in [-0.2, -0.15) is 0 Å². The van der Waals surface area contributed by atoms with E-state index < -0.39 is 21.5 Å². The lowest BCUT2D eigenvalue weighted by Crippen LogP contribution is -2.47. The van der Waals surface area contributed by atoms with Crippen LogP contribution in [0.4, 0.5) is 8.78 Å².